The van der Waals surface area contributed by atoms with Crippen LogP contribution in [0.25, 0.3) is 0 Å². The maximum atomic E-state index is 13.4. The van der Waals surface area contributed by atoms with Crippen molar-refractivity contribution in [1.29, 1.82) is 0 Å². The van der Waals surface area contributed by atoms with Crippen molar-refractivity contribution in [3.63, 3.8) is 0 Å². The SMILES string of the molecule is CC1(C)CN1P(=O)(Nc1ccccn1)N1CC1(C)C. The van der Waals surface area contributed by atoms with Crippen LogP contribution in [0.5, 0.6) is 0 Å². The second-order valence-corrected chi connectivity index (χ2v) is 8.89. The molecule has 3 heterocycles. The zero-order valence-corrected chi connectivity index (χ0v) is 12.8. The van der Waals surface area contributed by atoms with Gasteiger partial charge in [-0.25, -0.2) is 14.3 Å². The summed E-state index contributed by atoms with van der Waals surface area (Å²) in [6, 6.07) is 5.62. The Morgan fingerprint density at radius 3 is 2.05 bits per heavy atom. The molecule has 1 aromatic heterocycles. The molecule has 2 unspecified atom stereocenters. The summed E-state index contributed by atoms with van der Waals surface area (Å²) in [6.07, 6.45) is 1.72. The van der Waals surface area contributed by atoms with Crippen molar-refractivity contribution in [1.82, 2.24) is 14.3 Å². The molecule has 2 atom stereocenters. The summed E-state index contributed by atoms with van der Waals surface area (Å²) in [5.41, 5.74) is 0.0198. The van der Waals surface area contributed by atoms with Gasteiger partial charge in [0.25, 0.3) is 0 Å². The van der Waals surface area contributed by atoms with Gasteiger partial charge in [0.1, 0.15) is 5.82 Å². The molecule has 0 saturated carbocycles. The number of hydrogen-bond donors (Lipinski definition) is 1. The van der Waals surface area contributed by atoms with Gasteiger partial charge in [0.2, 0.25) is 0 Å². The summed E-state index contributed by atoms with van der Waals surface area (Å²) in [5.74, 6) is 0.677. The Hall–Kier alpha value is -0.900. The molecule has 0 aliphatic carbocycles. The fraction of sp³-hybridized carbons (Fsp3) is 0.615. The van der Waals surface area contributed by atoms with Crippen molar-refractivity contribution in [2.45, 2.75) is 38.8 Å². The maximum Gasteiger partial charge on any atom is 0.310 e. The first-order valence-corrected chi connectivity index (χ1v) is 8.23. The van der Waals surface area contributed by atoms with Crippen LogP contribution in [0, 0.1) is 0 Å². The summed E-state index contributed by atoms with van der Waals surface area (Å²) in [4.78, 5) is 4.24. The largest absolute Gasteiger partial charge is 0.310 e. The van der Waals surface area contributed by atoms with E-state index in [1.807, 2.05) is 18.2 Å². The van der Waals surface area contributed by atoms with E-state index >= 15 is 0 Å². The van der Waals surface area contributed by atoms with E-state index in [1.165, 1.54) is 0 Å². The molecule has 2 aliphatic rings. The van der Waals surface area contributed by atoms with E-state index in [2.05, 4.69) is 47.1 Å². The molecule has 19 heavy (non-hydrogen) atoms. The number of rotatable bonds is 4. The van der Waals surface area contributed by atoms with Crippen LogP contribution in [0.4, 0.5) is 5.82 Å². The van der Waals surface area contributed by atoms with Gasteiger partial charge in [-0.3, -0.25) is 9.65 Å². The van der Waals surface area contributed by atoms with Crippen LogP contribution in [0.15, 0.2) is 24.4 Å². The van der Waals surface area contributed by atoms with E-state index in [9.17, 15) is 4.57 Å². The molecule has 2 fully saturated rings. The monoisotopic (exact) mass is 280 g/mol. The van der Waals surface area contributed by atoms with Crippen LogP contribution in [0.1, 0.15) is 27.7 Å². The maximum absolute atomic E-state index is 13.4. The lowest BCUT2D eigenvalue weighted by molar-refractivity contribution is 0.475. The quantitative estimate of drug-likeness (QED) is 0.679. The minimum atomic E-state index is -2.75. The molecule has 6 heteroatoms. The van der Waals surface area contributed by atoms with Gasteiger partial charge in [0, 0.05) is 30.4 Å². The minimum Gasteiger partial charge on any atom is -0.297 e. The summed E-state index contributed by atoms with van der Waals surface area (Å²) in [5, 5.41) is 3.19. The van der Waals surface area contributed by atoms with Gasteiger partial charge in [-0.1, -0.05) is 6.07 Å². The zero-order chi connectivity index (χ0) is 13.9. The van der Waals surface area contributed by atoms with E-state index in [0.29, 0.717) is 5.82 Å². The average Bonchev–Trinajstić information content (AvgIpc) is 3.16. The van der Waals surface area contributed by atoms with Crippen LogP contribution in [-0.4, -0.2) is 38.5 Å². The fourth-order valence-corrected chi connectivity index (χ4v) is 5.89. The molecule has 2 saturated heterocycles. The van der Waals surface area contributed by atoms with Crippen molar-refractivity contribution in [3.05, 3.63) is 24.4 Å². The van der Waals surface area contributed by atoms with Crippen molar-refractivity contribution in [3.8, 4) is 0 Å². The van der Waals surface area contributed by atoms with E-state index in [4.69, 9.17) is 0 Å². The Bertz CT molecular complexity index is 517. The molecule has 0 aromatic carbocycles. The highest BCUT2D eigenvalue weighted by molar-refractivity contribution is 7.61. The number of hydrogen-bond acceptors (Lipinski definition) is 2. The Morgan fingerprint density at radius 2 is 1.68 bits per heavy atom. The topological polar surface area (TPSA) is 48.0 Å². The molecule has 5 nitrogen and oxygen atoms in total. The van der Waals surface area contributed by atoms with Gasteiger partial charge < -0.3 is 0 Å². The van der Waals surface area contributed by atoms with Crippen LogP contribution in [0.2, 0.25) is 0 Å². The number of pyridine rings is 1. The molecule has 1 N–H and O–H groups in total. The normalized spacial score (nSPS) is 33.3. The van der Waals surface area contributed by atoms with E-state index in [-0.39, 0.29) is 11.1 Å². The molecule has 0 amide bonds. The predicted molar refractivity (Wildman–Crippen MR) is 77.0 cm³/mol. The molecule has 2 aliphatic heterocycles. The van der Waals surface area contributed by atoms with Gasteiger partial charge in [-0.2, -0.15) is 0 Å². The Kier molecular flexibility index (Phi) is 2.63. The highest BCUT2D eigenvalue weighted by Gasteiger charge is 2.64. The standard InChI is InChI=1S/C13H21N4OP/c1-12(2)9-16(12)19(18,17-10-13(17,3)4)15-11-7-5-6-8-14-11/h5-8H,9-10H2,1-4H3,(H,14,15,18). The second kappa shape index (κ2) is 3.81. The first kappa shape index (κ1) is 13.1. The average molecular weight is 280 g/mol. The van der Waals surface area contributed by atoms with Crippen LogP contribution < -0.4 is 5.09 Å². The summed E-state index contributed by atoms with van der Waals surface area (Å²) >= 11 is 0. The van der Waals surface area contributed by atoms with E-state index in [1.54, 1.807) is 6.20 Å². The van der Waals surface area contributed by atoms with Gasteiger partial charge in [0.05, 0.1) is 0 Å². The number of nitrogens with zero attached hydrogens (tertiary/aromatic N) is 3. The van der Waals surface area contributed by atoms with Crippen molar-refractivity contribution in [2.24, 2.45) is 0 Å². The van der Waals surface area contributed by atoms with Crippen LogP contribution in [-0.2, 0) is 4.57 Å². The first-order chi connectivity index (χ1) is 8.76. The van der Waals surface area contributed by atoms with Gasteiger partial charge >= 0.3 is 7.59 Å². The lowest BCUT2D eigenvalue weighted by Crippen LogP contribution is -2.21. The third kappa shape index (κ3) is 2.20. The lowest BCUT2D eigenvalue weighted by atomic mass is 10.2. The smallest absolute Gasteiger partial charge is 0.297 e. The van der Waals surface area contributed by atoms with E-state index < -0.39 is 7.59 Å². The second-order valence-electron chi connectivity index (χ2n) is 6.61. The van der Waals surface area contributed by atoms with Gasteiger partial charge in [-0.15, -0.1) is 0 Å². The molecule has 1 aromatic rings. The molecule has 3 rings (SSSR count). The van der Waals surface area contributed by atoms with E-state index in [0.717, 1.165) is 13.1 Å². The fourth-order valence-electron chi connectivity index (χ4n) is 2.42. The van der Waals surface area contributed by atoms with Crippen LogP contribution >= 0.6 is 7.59 Å². The molecular weight excluding hydrogens is 259 g/mol. The molecular formula is C13H21N4OP. The zero-order valence-electron chi connectivity index (χ0n) is 11.9. The molecule has 0 spiro atoms. The van der Waals surface area contributed by atoms with Crippen molar-refractivity contribution in [2.75, 3.05) is 18.2 Å². The first-order valence-electron chi connectivity index (χ1n) is 6.61. The highest BCUT2D eigenvalue weighted by Crippen LogP contribution is 2.68. The Balaban J connectivity index is 1.88. The highest BCUT2D eigenvalue weighted by atomic mass is 31.2. The predicted octanol–water partition coefficient (Wildman–Crippen LogP) is 2.79. The summed E-state index contributed by atoms with van der Waals surface area (Å²) < 4.78 is 17.6. The number of anilines is 1. The van der Waals surface area contributed by atoms with Crippen molar-refractivity contribution < 1.29 is 4.57 Å². The van der Waals surface area contributed by atoms with Gasteiger partial charge in [-0.05, 0) is 39.8 Å². The van der Waals surface area contributed by atoms with Gasteiger partial charge in [0.15, 0.2) is 0 Å². The van der Waals surface area contributed by atoms with Crippen LogP contribution in [0.3, 0.4) is 0 Å². The Morgan fingerprint density at radius 1 is 1.16 bits per heavy atom. The molecule has 0 radical (unpaired) electrons. The summed E-state index contributed by atoms with van der Waals surface area (Å²) in [7, 11) is -2.75. The third-order valence-corrected chi connectivity index (χ3v) is 7.04. The lowest BCUT2D eigenvalue weighted by Gasteiger charge is -2.26. The number of aromatic nitrogens is 1. The third-order valence-electron chi connectivity index (χ3n) is 3.84. The Labute approximate surface area is 114 Å². The molecule has 0 bridgehead atoms. The minimum absolute atomic E-state index is 0.00990. The number of nitrogens with one attached hydrogen (secondary N) is 1. The van der Waals surface area contributed by atoms with Crippen molar-refractivity contribution >= 4 is 13.4 Å². The molecule has 104 valence electrons. The summed E-state index contributed by atoms with van der Waals surface area (Å²) in [6.45, 7) is 10.2.